The van der Waals surface area contributed by atoms with Crippen LogP contribution in [0.25, 0.3) is 16.7 Å². The highest BCUT2D eigenvalue weighted by molar-refractivity contribution is 5.71. The van der Waals surface area contributed by atoms with Crippen LogP contribution < -0.4 is 4.74 Å². The zero-order valence-corrected chi connectivity index (χ0v) is 17.8. The van der Waals surface area contributed by atoms with Crippen molar-refractivity contribution in [2.45, 2.75) is 71.6 Å². The molecule has 1 unspecified atom stereocenters. The minimum Gasteiger partial charge on any atom is -0.494 e. The van der Waals surface area contributed by atoms with Crippen molar-refractivity contribution < 1.29 is 4.74 Å². The fourth-order valence-electron chi connectivity index (χ4n) is 3.92. The van der Waals surface area contributed by atoms with E-state index in [9.17, 15) is 0 Å². The lowest BCUT2D eigenvalue weighted by molar-refractivity contribution is 0.304. The van der Waals surface area contributed by atoms with E-state index in [-0.39, 0.29) is 0 Å². The molecule has 0 aromatic heterocycles. The van der Waals surface area contributed by atoms with Gasteiger partial charge >= 0.3 is 0 Å². The largest absolute Gasteiger partial charge is 0.494 e. The van der Waals surface area contributed by atoms with E-state index in [1.807, 2.05) is 0 Å². The minimum absolute atomic E-state index is 0.827. The molecule has 0 bridgehead atoms. The molecule has 1 atom stereocenters. The number of hydrogen-bond acceptors (Lipinski definition) is 1. The third-order valence-electron chi connectivity index (χ3n) is 5.88. The molecule has 0 fully saturated rings. The van der Waals surface area contributed by atoms with Gasteiger partial charge in [0.05, 0.1) is 6.61 Å². The SMILES string of the molecule is CCCCCCCCOc1ccc(-c2ccc(C3=CCC(C)CC3)cc2)cc1. The predicted octanol–water partition coefficient (Wildman–Crippen LogP) is 8.30. The van der Waals surface area contributed by atoms with Crippen molar-refractivity contribution in [1.29, 1.82) is 0 Å². The standard InChI is InChI=1S/C27H36O/c1-3-4-5-6-7-8-21-28-27-19-17-26(18-20-27)25-15-13-24(14-16-25)23-11-9-22(2)10-12-23/h11,13-20,22H,3-10,12,21H2,1-2H3. The van der Waals surface area contributed by atoms with Crippen LogP contribution in [0.1, 0.15) is 77.2 Å². The first-order valence-corrected chi connectivity index (χ1v) is 11.3. The maximum atomic E-state index is 5.90. The molecule has 0 radical (unpaired) electrons. The van der Waals surface area contributed by atoms with Gasteiger partial charge in [0.25, 0.3) is 0 Å². The molecule has 0 saturated carbocycles. The summed E-state index contributed by atoms with van der Waals surface area (Å²) in [6.07, 6.45) is 14.0. The highest BCUT2D eigenvalue weighted by Crippen LogP contribution is 2.31. The van der Waals surface area contributed by atoms with Gasteiger partial charge in [-0.2, -0.15) is 0 Å². The van der Waals surface area contributed by atoms with Crippen LogP contribution in [0.15, 0.2) is 54.6 Å². The Morgan fingerprint density at radius 3 is 2.04 bits per heavy atom. The van der Waals surface area contributed by atoms with Gasteiger partial charge < -0.3 is 4.74 Å². The molecule has 0 N–H and O–H groups in total. The summed E-state index contributed by atoms with van der Waals surface area (Å²) in [5, 5.41) is 0. The molecule has 1 heteroatoms. The number of rotatable bonds is 10. The first-order valence-electron chi connectivity index (χ1n) is 11.3. The van der Waals surface area contributed by atoms with Gasteiger partial charge in [0.2, 0.25) is 0 Å². The van der Waals surface area contributed by atoms with Crippen LogP contribution in [-0.2, 0) is 0 Å². The van der Waals surface area contributed by atoms with Crippen molar-refractivity contribution in [2.24, 2.45) is 5.92 Å². The Balaban J connectivity index is 1.48. The number of unbranched alkanes of at least 4 members (excludes halogenated alkanes) is 5. The summed E-state index contributed by atoms with van der Waals surface area (Å²) in [4.78, 5) is 0. The van der Waals surface area contributed by atoms with E-state index in [1.54, 1.807) is 0 Å². The van der Waals surface area contributed by atoms with Crippen LogP contribution in [0.4, 0.5) is 0 Å². The highest BCUT2D eigenvalue weighted by atomic mass is 16.5. The lowest BCUT2D eigenvalue weighted by Gasteiger charge is -2.18. The van der Waals surface area contributed by atoms with Crippen LogP contribution in [0.2, 0.25) is 0 Å². The van der Waals surface area contributed by atoms with Crippen LogP contribution in [0, 0.1) is 5.92 Å². The Morgan fingerprint density at radius 2 is 1.39 bits per heavy atom. The van der Waals surface area contributed by atoms with Crippen molar-refractivity contribution in [1.82, 2.24) is 0 Å². The molecule has 150 valence electrons. The summed E-state index contributed by atoms with van der Waals surface area (Å²) in [5.74, 6) is 1.82. The maximum absolute atomic E-state index is 5.90. The summed E-state index contributed by atoms with van der Waals surface area (Å²) >= 11 is 0. The molecule has 0 spiro atoms. The normalized spacial score (nSPS) is 16.6. The van der Waals surface area contributed by atoms with Gasteiger partial charge in [-0.05, 0) is 66.0 Å². The van der Waals surface area contributed by atoms with E-state index in [0.29, 0.717) is 0 Å². The lowest BCUT2D eigenvalue weighted by Crippen LogP contribution is -2.00. The van der Waals surface area contributed by atoms with Crippen molar-refractivity contribution in [2.75, 3.05) is 6.61 Å². The molecule has 1 aliphatic carbocycles. The Hall–Kier alpha value is -2.02. The summed E-state index contributed by atoms with van der Waals surface area (Å²) in [5.41, 5.74) is 5.43. The van der Waals surface area contributed by atoms with E-state index >= 15 is 0 Å². The Morgan fingerprint density at radius 1 is 0.786 bits per heavy atom. The Bertz CT molecular complexity index is 724. The van der Waals surface area contributed by atoms with Crippen LogP contribution in [0.5, 0.6) is 5.75 Å². The van der Waals surface area contributed by atoms with Gasteiger partial charge in [0.1, 0.15) is 5.75 Å². The molecule has 0 aliphatic heterocycles. The maximum Gasteiger partial charge on any atom is 0.119 e. The Kier molecular flexibility index (Phi) is 8.21. The number of allylic oxidation sites excluding steroid dienone is 2. The molecule has 28 heavy (non-hydrogen) atoms. The monoisotopic (exact) mass is 376 g/mol. The third kappa shape index (κ3) is 6.26. The molecule has 0 amide bonds. The number of ether oxygens (including phenoxy) is 1. The van der Waals surface area contributed by atoms with Crippen molar-refractivity contribution in [3.63, 3.8) is 0 Å². The molecule has 0 saturated heterocycles. The molecular formula is C27H36O. The molecule has 2 aromatic rings. The number of benzene rings is 2. The van der Waals surface area contributed by atoms with Gasteiger partial charge in [-0.25, -0.2) is 0 Å². The average molecular weight is 377 g/mol. The second-order valence-corrected chi connectivity index (χ2v) is 8.33. The van der Waals surface area contributed by atoms with E-state index in [1.165, 1.54) is 73.6 Å². The lowest BCUT2D eigenvalue weighted by atomic mass is 9.87. The fraction of sp³-hybridized carbons (Fsp3) is 0.481. The van der Waals surface area contributed by atoms with Crippen molar-refractivity contribution in [3.05, 3.63) is 60.2 Å². The quantitative estimate of drug-likeness (QED) is 0.379. The first-order chi connectivity index (χ1) is 13.8. The second kappa shape index (κ2) is 11.1. The first kappa shape index (κ1) is 20.7. The third-order valence-corrected chi connectivity index (χ3v) is 5.88. The van der Waals surface area contributed by atoms with Crippen molar-refractivity contribution >= 4 is 5.57 Å². The highest BCUT2D eigenvalue weighted by Gasteiger charge is 2.11. The Labute approximate surface area is 171 Å². The zero-order valence-electron chi connectivity index (χ0n) is 17.8. The van der Waals surface area contributed by atoms with Crippen LogP contribution in [-0.4, -0.2) is 6.61 Å². The van der Waals surface area contributed by atoms with E-state index in [2.05, 4.69) is 68.5 Å². The smallest absolute Gasteiger partial charge is 0.119 e. The molecule has 0 heterocycles. The van der Waals surface area contributed by atoms with Gasteiger partial charge in [-0.1, -0.05) is 88.4 Å². The van der Waals surface area contributed by atoms with Gasteiger partial charge in [-0.15, -0.1) is 0 Å². The van der Waals surface area contributed by atoms with Crippen LogP contribution in [0.3, 0.4) is 0 Å². The summed E-state index contributed by atoms with van der Waals surface area (Å²) in [6.45, 7) is 5.43. The summed E-state index contributed by atoms with van der Waals surface area (Å²) in [7, 11) is 0. The second-order valence-electron chi connectivity index (χ2n) is 8.33. The molecular weight excluding hydrogens is 340 g/mol. The topological polar surface area (TPSA) is 9.23 Å². The predicted molar refractivity (Wildman–Crippen MR) is 122 cm³/mol. The fourth-order valence-corrected chi connectivity index (χ4v) is 3.92. The molecule has 1 aliphatic rings. The van der Waals surface area contributed by atoms with Crippen LogP contribution >= 0.6 is 0 Å². The van der Waals surface area contributed by atoms with Gasteiger partial charge in [0, 0.05) is 0 Å². The summed E-state index contributed by atoms with van der Waals surface area (Å²) < 4.78 is 5.90. The van der Waals surface area contributed by atoms with E-state index in [4.69, 9.17) is 4.74 Å². The number of hydrogen-bond donors (Lipinski definition) is 0. The zero-order chi connectivity index (χ0) is 19.6. The van der Waals surface area contributed by atoms with Gasteiger partial charge in [-0.3, -0.25) is 0 Å². The summed E-state index contributed by atoms with van der Waals surface area (Å²) in [6, 6.07) is 17.6. The molecule has 1 nitrogen and oxygen atoms in total. The van der Waals surface area contributed by atoms with E-state index in [0.717, 1.165) is 24.7 Å². The molecule has 3 rings (SSSR count). The molecule has 2 aromatic carbocycles. The van der Waals surface area contributed by atoms with Crippen molar-refractivity contribution in [3.8, 4) is 16.9 Å². The van der Waals surface area contributed by atoms with E-state index < -0.39 is 0 Å². The van der Waals surface area contributed by atoms with Gasteiger partial charge in [0.15, 0.2) is 0 Å². The minimum atomic E-state index is 0.827. The average Bonchev–Trinajstić information content (AvgIpc) is 2.74.